The predicted molar refractivity (Wildman–Crippen MR) is 104 cm³/mol. The molecule has 1 heterocycles. The zero-order valence-corrected chi connectivity index (χ0v) is 15.8. The maximum absolute atomic E-state index is 12.8. The van der Waals surface area contributed by atoms with Crippen LogP contribution in [0.15, 0.2) is 24.3 Å². The molecular formula is C22H32N2O2. The molecular weight excluding hydrogens is 324 g/mol. The second-order valence-electron chi connectivity index (χ2n) is 8.30. The normalized spacial score (nSPS) is 26.5. The van der Waals surface area contributed by atoms with Crippen molar-refractivity contribution in [3.63, 3.8) is 0 Å². The molecule has 4 heteroatoms. The SMILES string of the molecule is O=C(Nc1cccc(COC2CCCCC2)c1)N1CCC[C@H]2CCC[C@H]21. The molecule has 1 aromatic carbocycles. The van der Waals surface area contributed by atoms with E-state index in [4.69, 9.17) is 4.74 Å². The molecule has 2 saturated carbocycles. The van der Waals surface area contributed by atoms with E-state index in [0.29, 0.717) is 18.8 Å². The molecule has 4 nitrogen and oxygen atoms in total. The largest absolute Gasteiger partial charge is 0.374 e. The second-order valence-corrected chi connectivity index (χ2v) is 8.30. The van der Waals surface area contributed by atoms with Crippen molar-refractivity contribution in [2.24, 2.45) is 5.92 Å². The highest BCUT2D eigenvalue weighted by atomic mass is 16.5. The summed E-state index contributed by atoms with van der Waals surface area (Å²) in [5.41, 5.74) is 2.03. The molecule has 2 aliphatic carbocycles. The molecule has 1 N–H and O–H groups in total. The third-order valence-corrected chi connectivity index (χ3v) is 6.47. The van der Waals surface area contributed by atoms with Crippen LogP contribution in [0.25, 0.3) is 0 Å². The number of nitrogens with one attached hydrogen (secondary N) is 1. The second kappa shape index (κ2) is 8.43. The Morgan fingerprint density at radius 1 is 1.04 bits per heavy atom. The van der Waals surface area contributed by atoms with Crippen molar-refractivity contribution in [1.29, 1.82) is 0 Å². The maximum Gasteiger partial charge on any atom is 0.322 e. The monoisotopic (exact) mass is 356 g/mol. The zero-order chi connectivity index (χ0) is 17.8. The topological polar surface area (TPSA) is 41.6 Å². The van der Waals surface area contributed by atoms with E-state index >= 15 is 0 Å². The molecule has 26 heavy (non-hydrogen) atoms. The first kappa shape index (κ1) is 17.8. The molecule has 3 aliphatic rings. The molecule has 2 atom stereocenters. The first-order valence-corrected chi connectivity index (χ1v) is 10.6. The van der Waals surface area contributed by atoms with E-state index in [0.717, 1.165) is 30.1 Å². The van der Waals surface area contributed by atoms with Gasteiger partial charge in [-0.25, -0.2) is 4.79 Å². The van der Waals surface area contributed by atoms with Crippen molar-refractivity contribution in [2.45, 2.75) is 83.0 Å². The van der Waals surface area contributed by atoms with E-state index in [1.54, 1.807) is 0 Å². The van der Waals surface area contributed by atoms with Gasteiger partial charge in [0.05, 0.1) is 12.7 Å². The Labute approximate surface area is 157 Å². The van der Waals surface area contributed by atoms with Crippen LogP contribution in [0.5, 0.6) is 0 Å². The predicted octanol–water partition coefficient (Wildman–Crippen LogP) is 5.33. The number of ether oxygens (including phenoxy) is 1. The molecule has 0 bridgehead atoms. The van der Waals surface area contributed by atoms with Gasteiger partial charge in [0.15, 0.2) is 0 Å². The number of urea groups is 1. The average molecular weight is 357 g/mol. The van der Waals surface area contributed by atoms with Crippen LogP contribution in [0, 0.1) is 5.92 Å². The van der Waals surface area contributed by atoms with Crippen LogP contribution in [0.2, 0.25) is 0 Å². The Kier molecular flexibility index (Phi) is 5.78. The lowest BCUT2D eigenvalue weighted by atomic mass is 9.92. The van der Waals surface area contributed by atoms with Crippen molar-refractivity contribution >= 4 is 11.7 Å². The number of likely N-dealkylation sites (tertiary alicyclic amines) is 1. The lowest BCUT2D eigenvalue weighted by molar-refractivity contribution is 0.0169. The Morgan fingerprint density at radius 2 is 1.88 bits per heavy atom. The summed E-state index contributed by atoms with van der Waals surface area (Å²) < 4.78 is 6.08. The van der Waals surface area contributed by atoms with Gasteiger partial charge in [-0.15, -0.1) is 0 Å². The Morgan fingerprint density at radius 3 is 2.77 bits per heavy atom. The van der Waals surface area contributed by atoms with Gasteiger partial charge in [-0.2, -0.15) is 0 Å². The summed E-state index contributed by atoms with van der Waals surface area (Å²) in [6.45, 7) is 1.54. The first-order chi connectivity index (χ1) is 12.8. The minimum Gasteiger partial charge on any atom is -0.374 e. The highest BCUT2D eigenvalue weighted by molar-refractivity contribution is 5.89. The van der Waals surface area contributed by atoms with Gasteiger partial charge in [0.2, 0.25) is 0 Å². The third kappa shape index (κ3) is 4.22. The fourth-order valence-electron chi connectivity index (χ4n) is 5.09. The minimum absolute atomic E-state index is 0.0759. The first-order valence-electron chi connectivity index (χ1n) is 10.6. The van der Waals surface area contributed by atoms with Crippen LogP contribution in [0.3, 0.4) is 0 Å². The van der Waals surface area contributed by atoms with Gasteiger partial charge in [-0.05, 0) is 62.1 Å². The van der Waals surface area contributed by atoms with Crippen molar-refractivity contribution < 1.29 is 9.53 Å². The highest BCUT2D eigenvalue weighted by Gasteiger charge is 2.37. The summed E-state index contributed by atoms with van der Waals surface area (Å²) in [5.74, 6) is 0.727. The quantitative estimate of drug-likeness (QED) is 0.792. The van der Waals surface area contributed by atoms with Gasteiger partial charge in [0.25, 0.3) is 0 Å². The van der Waals surface area contributed by atoms with Gasteiger partial charge in [0, 0.05) is 18.3 Å². The minimum atomic E-state index is 0.0759. The van der Waals surface area contributed by atoms with Crippen molar-refractivity contribution in [3.05, 3.63) is 29.8 Å². The van der Waals surface area contributed by atoms with Crippen LogP contribution in [0.1, 0.15) is 69.8 Å². The van der Waals surface area contributed by atoms with E-state index < -0.39 is 0 Å². The molecule has 1 saturated heterocycles. The maximum atomic E-state index is 12.8. The van der Waals surface area contributed by atoms with Gasteiger partial charge in [-0.3, -0.25) is 0 Å². The molecule has 0 spiro atoms. The van der Waals surface area contributed by atoms with Crippen LogP contribution >= 0.6 is 0 Å². The van der Waals surface area contributed by atoms with E-state index in [1.165, 1.54) is 57.8 Å². The summed E-state index contributed by atoms with van der Waals surface area (Å²) in [6.07, 6.45) is 12.9. The summed E-state index contributed by atoms with van der Waals surface area (Å²) in [7, 11) is 0. The lowest BCUT2D eigenvalue weighted by Crippen LogP contribution is -2.48. The van der Waals surface area contributed by atoms with Crippen LogP contribution in [-0.2, 0) is 11.3 Å². The zero-order valence-electron chi connectivity index (χ0n) is 15.8. The number of piperidine rings is 1. The highest BCUT2D eigenvalue weighted by Crippen LogP contribution is 2.37. The summed E-state index contributed by atoms with van der Waals surface area (Å²) in [4.78, 5) is 14.9. The van der Waals surface area contributed by atoms with Crippen LogP contribution < -0.4 is 5.32 Å². The summed E-state index contributed by atoms with van der Waals surface area (Å²) in [5, 5.41) is 3.13. The molecule has 0 aromatic heterocycles. The third-order valence-electron chi connectivity index (χ3n) is 6.47. The Bertz CT molecular complexity index is 612. The standard InChI is InChI=1S/C22H32N2O2/c25-22(24-14-6-9-18-8-5-13-21(18)24)23-19-10-4-7-17(15-19)16-26-20-11-2-1-3-12-20/h4,7,10,15,18,20-21H,1-3,5-6,8-9,11-14,16H2,(H,23,25)/t18-,21-/m1/s1. The number of fused-ring (bicyclic) bond motifs is 1. The smallest absolute Gasteiger partial charge is 0.322 e. The number of hydrogen-bond acceptors (Lipinski definition) is 2. The molecule has 4 rings (SSSR count). The van der Waals surface area contributed by atoms with Gasteiger partial charge in [0.1, 0.15) is 0 Å². The number of anilines is 1. The van der Waals surface area contributed by atoms with E-state index in [2.05, 4.69) is 22.3 Å². The molecule has 3 fully saturated rings. The number of carbonyl (C=O) groups excluding carboxylic acids is 1. The van der Waals surface area contributed by atoms with Gasteiger partial charge < -0.3 is 15.0 Å². The summed E-state index contributed by atoms with van der Waals surface area (Å²) >= 11 is 0. The number of hydrogen-bond donors (Lipinski definition) is 1. The van der Waals surface area contributed by atoms with E-state index in [-0.39, 0.29) is 6.03 Å². The fraction of sp³-hybridized carbons (Fsp3) is 0.682. The Hall–Kier alpha value is -1.55. The van der Waals surface area contributed by atoms with Gasteiger partial charge in [-0.1, -0.05) is 37.8 Å². The molecule has 0 radical (unpaired) electrons. The number of nitrogens with zero attached hydrogens (tertiary/aromatic N) is 1. The molecule has 2 amide bonds. The summed E-state index contributed by atoms with van der Waals surface area (Å²) in [6, 6.07) is 8.69. The number of carbonyl (C=O) groups is 1. The number of rotatable bonds is 4. The molecule has 1 aliphatic heterocycles. The number of benzene rings is 1. The average Bonchev–Trinajstić information content (AvgIpc) is 3.16. The molecule has 0 unspecified atom stereocenters. The number of amides is 2. The van der Waals surface area contributed by atoms with Crippen molar-refractivity contribution in [2.75, 3.05) is 11.9 Å². The van der Waals surface area contributed by atoms with Gasteiger partial charge >= 0.3 is 6.03 Å². The van der Waals surface area contributed by atoms with Crippen molar-refractivity contribution in [1.82, 2.24) is 4.90 Å². The van der Waals surface area contributed by atoms with Crippen LogP contribution in [0.4, 0.5) is 10.5 Å². The van der Waals surface area contributed by atoms with Crippen LogP contribution in [-0.4, -0.2) is 29.6 Å². The fourth-order valence-corrected chi connectivity index (χ4v) is 5.09. The van der Waals surface area contributed by atoms with E-state index in [9.17, 15) is 4.79 Å². The van der Waals surface area contributed by atoms with E-state index in [1.807, 2.05) is 12.1 Å². The Balaban J connectivity index is 1.33. The molecule has 1 aromatic rings. The molecule has 142 valence electrons. The lowest BCUT2D eigenvalue weighted by Gasteiger charge is -2.37. The van der Waals surface area contributed by atoms with Crippen molar-refractivity contribution in [3.8, 4) is 0 Å².